The van der Waals surface area contributed by atoms with Crippen LogP contribution < -0.4 is 10.2 Å². The maximum atomic E-state index is 13.4. The van der Waals surface area contributed by atoms with Gasteiger partial charge in [0.25, 0.3) is 5.91 Å². The van der Waals surface area contributed by atoms with Gasteiger partial charge in [-0.1, -0.05) is 18.2 Å². The highest BCUT2D eigenvalue weighted by Crippen LogP contribution is 2.48. The number of likely N-dealkylation sites (N-methyl/N-ethyl adjacent to an activating group) is 1. The van der Waals surface area contributed by atoms with Crippen LogP contribution in [0.1, 0.15) is 44.7 Å². The summed E-state index contributed by atoms with van der Waals surface area (Å²) in [5, 5.41) is 13.6. The second-order valence-electron chi connectivity index (χ2n) is 9.42. The molecule has 1 aromatic heterocycles. The molecule has 2 heterocycles. The van der Waals surface area contributed by atoms with Crippen molar-refractivity contribution in [2.45, 2.75) is 31.3 Å². The Morgan fingerprint density at radius 3 is 2.55 bits per heavy atom. The van der Waals surface area contributed by atoms with Crippen LogP contribution in [0.15, 0.2) is 48.7 Å². The number of hydrogen-bond donors (Lipinski definition) is 2. The summed E-state index contributed by atoms with van der Waals surface area (Å²) in [6, 6.07) is 13.7. The fourth-order valence-electron chi connectivity index (χ4n) is 4.68. The summed E-state index contributed by atoms with van der Waals surface area (Å²) in [6.07, 6.45) is 3.22. The lowest BCUT2D eigenvalue weighted by Gasteiger charge is -2.44. The van der Waals surface area contributed by atoms with E-state index in [9.17, 15) is 14.7 Å². The first-order valence-corrected chi connectivity index (χ1v) is 11.3. The first kappa shape index (κ1) is 21.4. The predicted molar refractivity (Wildman–Crippen MR) is 128 cm³/mol. The van der Waals surface area contributed by atoms with Crippen molar-refractivity contribution in [3.05, 3.63) is 70.9 Å². The van der Waals surface area contributed by atoms with Crippen molar-refractivity contribution in [1.29, 1.82) is 0 Å². The molecule has 1 aliphatic carbocycles. The van der Waals surface area contributed by atoms with E-state index in [0.29, 0.717) is 17.1 Å². The monoisotopic (exact) mass is 444 g/mol. The molecular weight excluding hydrogens is 416 g/mol. The van der Waals surface area contributed by atoms with Gasteiger partial charge >= 0.3 is 5.97 Å². The Labute approximate surface area is 193 Å². The Hall–Kier alpha value is -3.45. The third-order valence-corrected chi connectivity index (χ3v) is 7.04. The third-order valence-electron chi connectivity index (χ3n) is 7.04. The molecule has 33 heavy (non-hydrogen) atoms. The number of amides is 1. The third kappa shape index (κ3) is 3.72. The molecule has 1 amide bonds. The number of carboxylic acid groups (broad SMARTS) is 1. The van der Waals surface area contributed by atoms with Crippen LogP contribution in [0.25, 0.3) is 10.9 Å². The van der Waals surface area contributed by atoms with Gasteiger partial charge in [-0.05, 0) is 69.3 Å². The normalized spacial score (nSPS) is 17.2. The lowest BCUT2D eigenvalue weighted by Crippen LogP contribution is -2.57. The Morgan fingerprint density at radius 2 is 1.88 bits per heavy atom. The SMILES string of the molecule is Cc1ccc(N2CC(N(C)C)C2)cc1C(=O)NC1(c2ccc(C(=O)O)c3ncccc23)CC1. The number of aromatic nitrogens is 1. The van der Waals surface area contributed by atoms with Crippen LogP contribution in [-0.2, 0) is 5.54 Å². The first-order valence-electron chi connectivity index (χ1n) is 11.3. The zero-order valence-electron chi connectivity index (χ0n) is 19.1. The van der Waals surface area contributed by atoms with E-state index in [0.717, 1.165) is 48.1 Å². The predicted octanol–water partition coefficient (Wildman–Crippen LogP) is 3.41. The van der Waals surface area contributed by atoms with E-state index in [1.54, 1.807) is 18.3 Å². The topological polar surface area (TPSA) is 85.8 Å². The zero-order valence-corrected chi connectivity index (χ0v) is 19.1. The van der Waals surface area contributed by atoms with Gasteiger partial charge in [-0.15, -0.1) is 0 Å². The van der Waals surface area contributed by atoms with E-state index in [-0.39, 0.29) is 11.5 Å². The summed E-state index contributed by atoms with van der Waals surface area (Å²) in [7, 11) is 4.18. The average Bonchev–Trinajstić information content (AvgIpc) is 3.52. The van der Waals surface area contributed by atoms with Crippen molar-refractivity contribution in [3.63, 3.8) is 0 Å². The molecule has 1 saturated heterocycles. The van der Waals surface area contributed by atoms with Crippen LogP contribution in [-0.4, -0.2) is 60.1 Å². The molecule has 1 saturated carbocycles. The molecule has 2 aliphatic rings. The van der Waals surface area contributed by atoms with Gasteiger partial charge < -0.3 is 20.2 Å². The second kappa shape index (κ2) is 7.85. The average molecular weight is 445 g/mol. The van der Waals surface area contributed by atoms with Crippen molar-refractivity contribution in [2.24, 2.45) is 0 Å². The number of carboxylic acids is 1. The molecular formula is C26H28N4O3. The number of benzene rings is 2. The summed E-state index contributed by atoms with van der Waals surface area (Å²) in [5.74, 6) is -1.11. The van der Waals surface area contributed by atoms with Gasteiger partial charge in [-0.25, -0.2) is 4.79 Å². The number of aryl methyl sites for hydroxylation is 1. The molecule has 5 rings (SSSR count). The van der Waals surface area contributed by atoms with Gasteiger partial charge in [-0.3, -0.25) is 9.78 Å². The van der Waals surface area contributed by atoms with Gasteiger partial charge in [0.1, 0.15) is 0 Å². The quantitative estimate of drug-likeness (QED) is 0.606. The van der Waals surface area contributed by atoms with Crippen molar-refractivity contribution in [1.82, 2.24) is 15.2 Å². The number of aromatic carboxylic acids is 1. The molecule has 0 atom stereocenters. The van der Waals surface area contributed by atoms with Crippen molar-refractivity contribution < 1.29 is 14.7 Å². The van der Waals surface area contributed by atoms with E-state index >= 15 is 0 Å². The van der Waals surface area contributed by atoms with Crippen LogP contribution in [0.4, 0.5) is 5.69 Å². The Bertz CT molecular complexity index is 1260. The molecule has 0 radical (unpaired) electrons. The maximum Gasteiger partial charge on any atom is 0.337 e. The number of carbonyl (C=O) groups excluding carboxylic acids is 1. The number of nitrogens with zero attached hydrogens (tertiary/aromatic N) is 3. The minimum atomic E-state index is -1.01. The number of fused-ring (bicyclic) bond motifs is 1. The molecule has 170 valence electrons. The Morgan fingerprint density at radius 1 is 1.12 bits per heavy atom. The summed E-state index contributed by atoms with van der Waals surface area (Å²) in [4.78, 5) is 33.9. The van der Waals surface area contributed by atoms with Crippen molar-refractivity contribution in [3.8, 4) is 0 Å². The second-order valence-corrected chi connectivity index (χ2v) is 9.42. The highest BCUT2D eigenvalue weighted by Gasteiger charge is 2.47. The minimum absolute atomic E-state index is 0.101. The molecule has 1 aliphatic heterocycles. The number of nitrogens with one attached hydrogen (secondary N) is 1. The highest BCUT2D eigenvalue weighted by atomic mass is 16.4. The highest BCUT2D eigenvalue weighted by molar-refractivity contribution is 6.03. The molecule has 0 bridgehead atoms. The lowest BCUT2D eigenvalue weighted by atomic mass is 9.95. The van der Waals surface area contributed by atoms with Gasteiger partial charge in [0.15, 0.2) is 0 Å². The van der Waals surface area contributed by atoms with Crippen LogP contribution in [0.5, 0.6) is 0 Å². The molecule has 2 fully saturated rings. The molecule has 3 aromatic rings. The van der Waals surface area contributed by atoms with E-state index in [1.807, 2.05) is 31.2 Å². The van der Waals surface area contributed by atoms with Crippen molar-refractivity contribution in [2.75, 3.05) is 32.1 Å². The van der Waals surface area contributed by atoms with Crippen LogP contribution in [0.3, 0.4) is 0 Å². The summed E-state index contributed by atoms with van der Waals surface area (Å²) in [6.45, 7) is 3.86. The summed E-state index contributed by atoms with van der Waals surface area (Å²) < 4.78 is 0. The van der Waals surface area contributed by atoms with Gasteiger partial charge in [-0.2, -0.15) is 0 Å². The molecule has 7 heteroatoms. The van der Waals surface area contributed by atoms with Gasteiger partial charge in [0, 0.05) is 42.0 Å². The van der Waals surface area contributed by atoms with Gasteiger partial charge in [0.05, 0.1) is 16.6 Å². The smallest absolute Gasteiger partial charge is 0.337 e. The molecule has 7 nitrogen and oxygen atoms in total. The minimum Gasteiger partial charge on any atom is -0.478 e. The fraction of sp³-hybridized carbons (Fsp3) is 0.346. The zero-order chi connectivity index (χ0) is 23.3. The molecule has 2 aromatic carbocycles. The van der Waals surface area contributed by atoms with Gasteiger partial charge in [0.2, 0.25) is 0 Å². The van der Waals surface area contributed by atoms with E-state index < -0.39 is 11.5 Å². The lowest BCUT2D eigenvalue weighted by molar-refractivity contribution is 0.0698. The standard InChI is InChI=1S/C26H28N4O3/c1-16-6-7-17(30-14-18(15-30)29(2)3)13-21(16)24(31)28-26(10-11-26)22-9-8-20(25(32)33)23-19(22)5-4-12-27-23/h4-9,12-13,18H,10-11,14-15H2,1-3H3,(H,28,31)(H,32,33). The number of pyridine rings is 1. The number of carbonyl (C=O) groups is 2. The molecule has 0 spiro atoms. The largest absolute Gasteiger partial charge is 0.478 e. The van der Waals surface area contributed by atoms with Crippen molar-refractivity contribution >= 4 is 28.5 Å². The van der Waals surface area contributed by atoms with Crippen LogP contribution in [0, 0.1) is 6.92 Å². The Kier molecular flexibility index (Phi) is 5.09. The maximum absolute atomic E-state index is 13.4. The molecule has 0 unspecified atom stereocenters. The number of hydrogen-bond acceptors (Lipinski definition) is 5. The van der Waals surface area contributed by atoms with E-state index in [2.05, 4.69) is 40.3 Å². The summed E-state index contributed by atoms with van der Waals surface area (Å²) in [5.41, 5.74) is 3.73. The first-order chi connectivity index (χ1) is 15.8. The Balaban J connectivity index is 1.43. The van der Waals surface area contributed by atoms with Crippen LogP contribution in [0.2, 0.25) is 0 Å². The fourth-order valence-corrected chi connectivity index (χ4v) is 4.68. The summed E-state index contributed by atoms with van der Waals surface area (Å²) >= 11 is 0. The number of anilines is 1. The van der Waals surface area contributed by atoms with Crippen LogP contribution >= 0.6 is 0 Å². The number of rotatable bonds is 6. The van der Waals surface area contributed by atoms with E-state index in [1.165, 1.54) is 0 Å². The van der Waals surface area contributed by atoms with E-state index in [4.69, 9.17) is 0 Å². The molecule has 2 N–H and O–H groups in total.